The summed E-state index contributed by atoms with van der Waals surface area (Å²) < 4.78 is 26.8. The first-order chi connectivity index (χ1) is 9.43. The van der Waals surface area contributed by atoms with Gasteiger partial charge in [0.2, 0.25) is 10.0 Å². The van der Waals surface area contributed by atoms with Crippen molar-refractivity contribution in [1.29, 1.82) is 0 Å². The van der Waals surface area contributed by atoms with E-state index in [0.717, 1.165) is 12.8 Å². The lowest BCUT2D eigenvalue weighted by molar-refractivity contribution is -0.138. The minimum Gasteiger partial charge on any atom is -0.481 e. The lowest BCUT2D eigenvalue weighted by Crippen LogP contribution is -2.44. The van der Waals surface area contributed by atoms with E-state index in [9.17, 15) is 13.2 Å². The Morgan fingerprint density at radius 3 is 2.70 bits per heavy atom. The summed E-state index contributed by atoms with van der Waals surface area (Å²) in [6.45, 7) is 2.15. The Labute approximate surface area is 119 Å². The minimum absolute atomic E-state index is 0.134. The van der Waals surface area contributed by atoms with Crippen molar-refractivity contribution in [1.82, 2.24) is 4.31 Å². The first-order valence-corrected chi connectivity index (χ1v) is 8.16. The highest BCUT2D eigenvalue weighted by Crippen LogP contribution is 2.28. The number of benzene rings is 1. The van der Waals surface area contributed by atoms with Gasteiger partial charge in [-0.2, -0.15) is 4.31 Å². The van der Waals surface area contributed by atoms with Crippen molar-refractivity contribution in [3.63, 3.8) is 0 Å². The molecule has 1 aromatic carbocycles. The maximum Gasteiger partial charge on any atom is 0.304 e. The van der Waals surface area contributed by atoms with Crippen molar-refractivity contribution in [3.05, 3.63) is 29.8 Å². The monoisotopic (exact) mass is 297 g/mol. The van der Waals surface area contributed by atoms with Crippen LogP contribution in [0.4, 0.5) is 0 Å². The molecule has 0 bridgehead atoms. The van der Waals surface area contributed by atoms with Crippen LogP contribution in [0.1, 0.15) is 31.2 Å². The molecule has 1 unspecified atom stereocenters. The number of carboxylic acid groups (broad SMARTS) is 1. The second kappa shape index (κ2) is 5.93. The van der Waals surface area contributed by atoms with Gasteiger partial charge in [0.25, 0.3) is 0 Å². The van der Waals surface area contributed by atoms with E-state index in [2.05, 4.69) is 0 Å². The molecule has 1 heterocycles. The number of nitrogens with zero attached hydrogens (tertiary/aromatic N) is 1. The van der Waals surface area contributed by atoms with Gasteiger partial charge in [-0.25, -0.2) is 8.42 Å². The third-order valence-corrected chi connectivity index (χ3v) is 5.78. The van der Waals surface area contributed by atoms with Gasteiger partial charge in [0.1, 0.15) is 0 Å². The third kappa shape index (κ3) is 3.02. The molecule has 1 aromatic rings. The second-order valence-corrected chi connectivity index (χ2v) is 6.99. The van der Waals surface area contributed by atoms with Crippen molar-refractivity contribution < 1.29 is 18.3 Å². The maximum absolute atomic E-state index is 12.7. The molecule has 0 spiro atoms. The van der Waals surface area contributed by atoms with Gasteiger partial charge in [-0.05, 0) is 31.4 Å². The Morgan fingerprint density at radius 1 is 1.35 bits per heavy atom. The maximum atomic E-state index is 12.7. The highest BCUT2D eigenvalue weighted by Gasteiger charge is 2.35. The van der Waals surface area contributed by atoms with Crippen LogP contribution in [-0.2, 0) is 14.8 Å². The molecular formula is C14H19NO4S. The molecule has 5 nitrogen and oxygen atoms in total. The molecule has 0 amide bonds. The molecule has 1 aliphatic heterocycles. The molecule has 1 N–H and O–H groups in total. The smallest absolute Gasteiger partial charge is 0.304 e. The summed E-state index contributed by atoms with van der Waals surface area (Å²) in [5, 5.41) is 8.95. The first kappa shape index (κ1) is 15.0. The Bertz CT molecular complexity index is 597. The van der Waals surface area contributed by atoms with E-state index in [-0.39, 0.29) is 11.3 Å². The Kier molecular flexibility index (Phi) is 4.45. The first-order valence-electron chi connectivity index (χ1n) is 6.72. The average Bonchev–Trinajstić information content (AvgIpc) is 2.38. The Hall–Kier alpha value is -1.40. The molecule has 1 aliphatic rings. The molecule has 110 valence electrons. The minimum atomic E-state index is -3.62. The molecule has 1 atom stereocenters. The zero-order chi connectivity index (χ0) is 14.8. The lowest BCUT2D eigenvalue weighted by Gasteiger charge is -2.34. The fourth-order valence-electron chi connectivity index (χ4n) is 2.67. The van der Waals surface area contributed by atoms with Crippen molar-refractivity contribution >= 4 is 16.0 Å². The number of sulfonamides is 1. The largest absolute Gasteiger partial charge is 0.481 e. The van der Waals surface area contributed by atoms with Crippen LogP contribution in [-0.4, -0.2) is 36.4 Å². The average molecular weight is 297 g/mol. The number of piperidine rings is 1. The third-order valence-electron chi connectivity index (χ3n) is 3.66. The van der Waals surface area contributed by atoms with E-state index in [4.69, 9.17) is 5.11 Å². The molecule has 0 radical (unpaired) electrons. The van der Waals surface area contributed by atoms with Crippen molar-refractivity contribution in [2.45, 2.75) is 43.5 Å². The van der Waals surface area contributed by atoms with Gasteiger partial charge in [-0.15, -0.1) is 0 Å². The summed E-state index contributed by atoms with van der Waals surface area (Å²) in [4.78, 5) is 11.2. The van der Waals surface area contributed by atoms with Crippen LogP contribution in [0.15, 0.2) is 29.2 Å². The van der Waals surface area contributed by atoms with Crippen LogP contribution >= 0.6 is 0 Å². The molecule has 0 aromatic heterocycles. The van der Waals surface area contributed by atoms with Gasteiger partial charge in [-0.1, -0.05) is 24.6 Å². The molecular weight excluding hydrogens is 278 g/mol. The Morgan fingerprint density at radius 2 is 2.05 bits per heavy atom. The van der Waals surface area contributed by atoms with E-state index in [1.165, 1.54) is 4.31 Å². The summed E-state index contributed by atoms with van der Waals surface area (Å²) in [5.41, 5.74) is 0.687. The number of hydrogen-bond donors (Lipinski definition) is 1. The summed E-state index contributed by atoms with van der Waals surface area (Å²) in [7, 11) is -3.62. The molecule has 6 heteroatoms. The number of carbonyl (C=O) groups is 1. The number of aliphatic carboxylic acids is 1. The van der Waals surface area contributed by atoms with Gasteiger partial charge in [0, 0.05) is 12.6 Å². The van der Waals surface area contributed by atoms with Crippen LogP contribution in [0.3, 0.4) is 0 Å². The highest BCUT2D eigenvalue weighted by atomic mass is 32.2. The van der Waals surface area contributed by atoms with Crippen LogP contribution in [0.5, 0.6) is 0 Å². The number of carboxylic acids is 1. The summed E-state index contributed by atoms with van der Waals surface area (Å²) in [5.74, 6) is -0.957. The molecule has 0 saturated carbocycles. The standard InChI is InChI=1S/C14H19NO4S/c1-11-6-2-3-8-13(11)20(18,19)15-9-5-4-7-12(15)10-14(16)17/h2-3,6,8,12H,4-5,7,9-10H2,1H3,(H,16,17). The van der Waals surface area contributed by atoms with E-state index in [1.54, 1.807) is 31.2 Å². The van der Waals surface area contributed by atoms with E-state index < -0.39 is 22.0 Å². The van der Waals surface area contributed by atoms with Crippen molar-refractivity contribution in [3.8, 4) is 0 Å². The van der Waals surface area contributed by atoms with E-state index in [1.807, 2.05) is 0 Å². The SMILES string of the molecule is Cc1ccccc1S(=O)(=O)N1CCCCC1CC(=O)O. The van der Waals surface area contributed by atoms with Gasteiger partial charge in [0.05, 0.1) is 11.3 Å². The fraction of sp³-hybridized carbons (Fsp3) is 0.500. The number of hydrogen-bond acceptors (Lipinski definition) is 3. The molecule has 0 aliphatic carbocycles. The van der Waals surface area contributed by atoms with Crippen LogP contribution in [0, 0.1) is 6.92 Å². The zero-order valence-corrected chi connectivity index (χ0v) is 12.3. The summed E-state index contributed by atoms with van der Waals surface area (Å²) in [6, 6.07) is 6.38. The van der Waals surface area contributed by atoms with Crippen LogP contribution in [0.2, 0.25) is 0 Å². The van der Waals surface area contributed by atoms with E-state index in [0.29, 0.717) is 18.5 Å². The van der Waals surface area contributed by atoms with Gasteiger partial charge < -0.3 is 5.11 Å². The Balaban J connectivity index is 2.36. The lowest BCUT2D eigenvalue weighted by atomic mass is 10.0. The second-order valence-electron chi connectivity index (χ2n) is 5.13. The molecule has 2 rings (SSSR count). The quantitative estimate of drug-likeness (QED) is 0.922. The van der Waals surface area contributed by atoms with Crippen molar-refractivity contribution in [2.24, 2.45) is 0 Å². The number of aryl methyl sites for hydroxylation is 1. The van der Waals surface area contributed by atoms with Gasteiger partial charge in [-0.3, -0.25) is 4.79 Å². The molecule has 20 heavy (non-hydrogen) atoms. The highest BCUT2D eigenvalue weighted by molar-refractivity contribution is 7.89. The van der Waals surface area contributed by atoms with Crippen LogP contribution in [0.25, 0.3) is 0 Å². The predicted molar refractivity (Wildman–Crippen MR) is 75.0 cm³/mol. The zero-order valence-electron chi connectivity index (χ0n) is 11.4. The van der Waals surface area contributed by atoms with Crippen molar-refractivity contribution in [2.75, 3.05) is 6.54 Å². The predicted octanol–water partition coefficient (Wildman–Crippen LogP) is 2.01. The normalized spacial score (nSPS) is 20.8. The van der Waals surface area contributed by atoms with Crippen LogP contribution < -0.4 is 0 Å². The summed E-state index contributed by atoms with van der Waals surface area (Å²) in [6.07, 6.45) is 2.13. The van der Waals surface area contributed by atoms with E-state index >= 15 is 0 Å². The fourth-order valence-corrected chi connectivity index (χ4v) is 4.59. The molecule has 1 saturated heterocycles. The van der Waals surface area contributed by atoms with Gasteiger partial charge >= 0.3 is 5.97 Å². The summed E-state index contributed by atoms with van der Waals surface area (Å²) >= 11 is 0. The number of rotatable bonds is 4. The van der Waals surface area contributed by atoms with Gasteiger partial charge in [0.15, 0.2) is 0 Å². The molecule has 1 fully saturated rings. The topological polar surface area (TPSA) is 74.7 Å².